The van der Waals surface area contributed by atoms with Crippen LogP contribution in [-0.4, -0.2) is 72.9 Å². The van der Waals surface area contributed by atoms with Crippen molar-refractivity contribution < 1.29 is 136 Å². The fraction of sp³-hybridized carbons (Fsp3) is 0.600. The Bertz CT molecular complexity index is 5030. The summed E-state index contributed by atoms with van der Waals surface area (Å²) < 4.78 is 272. The van der Waals surface area contributed by atoms with Gasteiger partial charge in [-0.1, -0.05) is 228 Å². The van der Waals surface area contributed by atoms with E-state index in [9.17, 15) is 108 Å². The maximum absolute atomic E-state index is 13.4. The number of halogens is 18. The second-order valence-corrected chi connectivity index (χ2v) is 38.1. The molecule has 0 aromatic heterocycles. The summed E-state index contributed by atoms with van der Waals surface area (Å²) in [6.07, 6.45) is -15.9. The first-order valence-electron chi connectivity index (χ1n) is 46.9. The molecule has 0 saturated heterocycles. The minimum absolute atomic E-state index is 0.334. The minimum Gasteiger partial charge on any atom is -0.454 e. The molecule has 6 aromatic carbocycles. The third-order valence-electron chi connectivity index (χ3n) is 29.8. The predicted octanol–water partition coefficient (Wildman–Crippen LogP) is 29.7. The summed E-state index contributed by atoms with van der Waals surface area (Å²) in [6, 6.07) is 45.1. The molecule has 30 heteroatoms. The van der Waals surface area contributed by atoms with E-state index in [1.165, 1.54) is 41.5 Å². The number of fused-ring (bicyclic) bond motifs is 6. The number of aryl methyl sites for hydroxylation is 6. The highest BCUT2D eigenvalue weighted by atomic mass is 19.4. The lowest BCUT2D eigenvalue weighted by atomic mass is 9.76. The van der Waals surface area contributed by atoms with Crippen LogP contribution in [0.25, 0.3) is 0 Å². The molecule has 12 atom stereocenters. The Morgan fingerprint density at radius 3 is 0.696 bits per heavy atom. The number of hydrogen-bond acceptors (Lipinski definition) is 12. The number of hydrogen-bond donors (Lipinski definition) is 0. The van der Waals surface area contributed by atoms with Gasteiger partial charge < -0.3 is 28.4 Å². The first-order valence-corrected chi connectivity index (χ1v) is 46.9. The average molecular weight is 1930 g/mol. The monoisotopic (exact) mass is 1930 g/mol. The van der Waals surface area contributed by atoms with Crippen molar-refractivity contribution in [3.8, 4) is 0 Å². The van der Waals surface area contributed by atoms with Crippen molar-refractivity contribution in [2.24, 2.45) is 32.5 Å². The van der Waals surface area contributed by atoms with E-state index < -0.39 is 139 Å². The summed E-state index contributed by atoms with van der Waals surface area (Å²) in [4.78, 5) is 74.2. The number of benzene rings is 6. The van der Waals surface area contributed by atoms with Gasteiger partial charge in [-0.3, -0.25) is 28.8 Å². The van der Waals surface area contributed by atoms with Gasteiger partial charge in [-0.25, -0.2) is 0 Å². The SMILES string of the molecule is CCC(C)(C(=O)OC1(C)CCCc2ccccc21)C(F)(F)F.CCC(C)(C(=O)OC1(C)CCc2ccccc21)C(F)(F)F.CCC1(OC(=O)C(C)(CC)C(F)(F)F)CCCc2ccccc21.CCC1(OC(=O)C(C)(CC)C(F)(F)F)CCc2ccccc21.CCCC1(OC(=O)C(C)(CC)C(F)(F)F)CCCc2ccccc21.CCCC1(OC(=O)C(C)(CC)C(F)(F)F)CCc2ccccc21. The summed E-state index contributed by atoms with van der Waals surface area (Å²) in [5.74, 6) is -7.08. The number of ether oxygens (including phenoxy) is 6. The second kappa shape index (κ2) is 43.5. The van der Waals surface area contributed by atoms with Crippen molar-refractivity contribution in [3.63, 3.8) is 0 Å². The Morgan fingerprint density at radius 2 is 0.430 bits per heavy atom. The smallest absolute Gasteiger partial charge is 0.404 e. The molecule has 0 amide bonds. The molecule has 0 N–H and O–H groups in total. The minimum atomic E-state index is -4.62. The van der Waals surface area contributed by atoms with Crippen LogP contribution in [0.2, 0.25) is 0 Å². The molecule has 0 heterocycles. The lowest BCUT2D eigenvalue weighted by Gasteiger charge is -2.41. The normalized spacial score (nSPS) is 23.7. The zero-order valence-electron chi connectivity index (χ0n) is 80.7. The van der Waals surface area contributed by atoms with E-state index in [1.807, 2.05) is 167 Å². The van der Waals surface area contributed by atoms with E-state index in [0.29, 0.717) is 77.0 Å². The van der Waals surface area contributed by atoms with Gasteiger partial charge in [0.25, 0.3) is 0 Å². The summed E-state index contributed by atoms with van der Waals surface area (Å²) in [7, 11) is 0. The van der Waals surface area contributed by atoms with Gasteiger partial charge in [0.05, 0.1) is 0 Å². The van der Waals surface area contributed by atoms with Crippen LogP contribution < -0.4 is 0 Å². The van der Waals surface area contributed by atoms with Crippen molar-refractivity contribution in [2.75, 3.05) is 0 Å². The summed E-state index contributed by atoms with van der Waals surface area (Å²) in [5, 5.41) is 0. The number of alkyl halides is 18. The van der Waals surface area contributed by atoms with Crippen molar-refractivity contribution in [1.82, 2.24) is 0 Å². The Labute approximate surface area is 782 Å². The van der Waals surface area contributed by atoms with Crippen LogP contribution in [0.15, 0.2) is 146 Å². The Hall–Kier alpha value is -9.12. The molecule has 0 spiro atoms. The van der Waals surface area contributed by atoms with Crippen LogP contribution >= 0.6 is 0 Å². The summed E-state index contributed by atoms with van der Waals surface area (Å²) in [6.45, 7) is 24.6. The fourth-order valence-electron chi connectivity index (χ4n) is 18.3. The van der Waals surface area contributed by atoms with Crippen molar-refractivity contribution in [1.29, 1.82) is 0 Å². The maximum Gasteiger partial charge on any atom is 0.404 e. The van der Waals surface area contributed by atoms with E-state index in [2.05, 4.69) is 0 Å². The molecule has 0 fully saturated rings. The number of esters is 6. The quantitative estimate of drug-likeness (QED) is 0.0321. The third kappa shape index (κ3) is 23.4. The Kier molecular flexibility index (Phi) is 36.4. The summed E-state index contributed by atoms with van der Waals surface area (Å²) >= 11 is 0. The van der Waals surface area contributed by atoms with Crippen molar-refractivity contribution in [2.45, 2.75) is 369 Å². The standard InChI is InChI=1S/C19H25F3O2.2C18H23F3O2.2C17H21F3O2.C16H19F3O2/c1-4-12-18(13-8-10-14-9-6-7-11-15(14)18)24-16(23)17(3,5-2)19(20,21)22;1-4-16(3,18(19,20)21)15(22)23-17(5-2)12-8-10-13-9-6-7-11-14(13)17;1-4-11-17(12-10-13-8-6-7-9-14(13)17)23-15(22)16(3,5-2)18(19,20)21;1-4-15(2,17(18,19)20)14(21)22-16(3)11-7-9-12-8-5-6-10-13(12)16;1-4-15(3,17(18,19)20)14(21)22-16(5-2)11-10-12-8-6-7-9-13(12)16;1-4-14(2,16(17,18)19)13(20)21-15(3)10-9-11-7-5-6-8-12(11)15/h6-7,9,11H,4-5,8,10,12-13H2,1-3H3;6-7,9,11H,4-5,8,10,12H2,1-3H3;6-9H,4-5,10-12H2,1-3H3;5-6,8,10H,4,7,9,11H2,1-3H3;6-9H,4-5,10-11H2,1-3H3;5-8H,4,9-10H2,1-3H3. The molecule has 12 nitrogen and oxygen atoms in total. The molecule has 0 bridgehead atoms. The Balaban J connectivity index is 0.000000221. The van der Waals surface area contributed by atoms with E-state index in [0.717, 1.165) is 166 Å². The molecule has 0 saturated carbocycles. The molecule has 6 aromatic rings. The van der Waals surface area contributed by atoms with Crippen LogP contribution in [0.1, 0.15) is 326 Å². The summed E-state index contributed by atoms with van der Waals surface area (Å²) in [5.41, 5.74) is -9.22. The molecular weight excluding hydrogens is 1800 g/mol. The Morgan fingerprint density at radius 1 is 0.244 bits per heavy atom. The van der Waals surface area contributed by atoms with Gasteiger partial charge in [0.2, 0.25) is 0 Å². The van der Waals surface area contributed by atoms with Crippen LogP contribution in [-0.2, 0) is 129 Å². The van der Waals surface area contributed by atoms with Crippen LogP contribution in [0.5, 0.6) is 0 Å². The molecule has 12 unspecified atom stereocenters. The lowest BCUT2D eigenvalue weighted by molar-refractivity contribution is -0.241. The molecule has 750 valence electrons. The highest BCUT2D eigenvalue weighted by molar-refractivity contribution is 5.81. The first-order chi connectivity index (χ1) is 62.6. The van der Waals surface area contributed by atoms with Gasteiger partial charge in [-0.2, -0.15) is 79.0 Å². The molecule has 6 aliphatic carbocycles. The molecule has 12 rings (SSSR count). The van der Waals surface area contributed by atoms with Gasteiger partial charge in [-0.15, -0.1) is 0 Å². The largest absolute Gasteiger partial charge is 0.454 e. The zero-order chi connectivity index (χ0) is 102. The van der Waals surface area contributed by atoms with Gasteiger partial charge in [0.1, 0.15) is 33.6 Å². The molecular formula is C105H132F18O12. The van der Waals surface area contributed by atoms with Crippen LogP contribution in [0, 0.1) is 32.5 Å². The predicted molar refractivity (Wildman–Crippen MR) is 478 cm³/mol. The molecule has 0 radical (unpaired) electrons. The van der Waals surface area contributed by atoms with Crippen molar-refractivity contribution >= 4 is 35.8 Å². The van der Waals surface area contributed by atoms with E-state index >= 15 is 0 Å². The van der Waals surface area contributed by atoms with E-state index in [-0.39, 0.29) is 38.5 Å². The third-order valence-corrected chi connectivity index (χ3v) is 29.8. The maximum atomic E-state index is 13.4. The van der Waals surface area contributed by atoms with Crippen LogP contribution in [0.4, 0.5) is 79.0 Å². The van der Waals surface area contributed by atoms with Gasteiger partial charge in [0, 0.05) is 0 Å². The number of carbonyl (C=O) groups excluding carboxylic acids is 6. The van der Waals surface area contributed by atoms with Gasteiger partial charge >= 0.3 is 72.9 Å². The van der Waals surface area contributed by atoms with Crippen LogP contribution in [0.3, 0.4) is 0 Å². The highest BCUT2D eigenvalue weighted by Gasteiger charge is 2.65. The molecule has 135 heavy (non-hydrogen) atoms. The van der Waals surface area contributed by atoms with Crippen molar-refractivity contribution in [3.05, 3.63) is 212 Å². The van der Waals surface area contributed by atoms with E-state index in [1.54, 1.807) is 19.9 Å². The number of carbonyl (C=O) groups is 6. The average Bonchev–Trinajstić information content (AvgIpc) is 1.75. The highest BCUT2D eigenvalue weighted by Crippen LogP contribution is 2.56. The molecule has 0 aliphatic heterocycles. The van der Waals surface area contributed by atoms with Gasteiger partial charge in [-0.05, 0) is 283 Å². The first kappa shape index (κ1) is 113. The molecule has 6 aliphatic rings. The second-order valence-electron chi connectivity index (χ2n) is 38.1. The zero-order valence-corrected chi connectivity index (χ0v) is 80.7. The van der Waals surface area contributed by atoms with Gasteiger partial charge in [0.15, 0.2) is 32.5 Å². The topological polar surface area (TPSA) is 158 Å². The fourth-order valence-corrected chi connectivity index (χ4v) is 18.3. The lowest BCUT2D eigenvalue weighted by Crippen LogP contribution is -2.47. The number of rotatable bonds is 24. The van der Waals surface area contributed by atoms with E-state index in [4.69, 9.17) is 28.4 Å².